The Bertz CT molecular complexity index is 824. The van der Waals surface area contributed by atoms with E-state index in [0.29, 0.717) is 18.7 Å². The van der Waals surface area contributed by atoms with E-state index in [-0.39, 0.29) is 22.9 Å². The summed E-state index contributed by atoms with van der Waals surface area (Å²) in [5, 5.41) is 6.01. The number of likely N-dealkylation sites (N-methyl/N-ethyl adjacent to an activating group) is 1. The van der Waals surface area contributed by atoms with Crippen LogP contribution in [0.1, 0.15) is 30.6 Å². The zero-order valence-electron chi connectivity index (χ0n) is 13.5. The predicted octanol–water partition coefficient (Wildman–Crippen LogP) is -0.167. The zero-order chi connectivity index (χ0) is 17.0. The van der Waals surface area contributed by atoms with Gasteiger partial charge in [0.1, 0.15) is 5.65 Å². The summed E-state index contributed by atoms with van der Waals surface area (Å²) in [6, 6.07) is 1.59. The lowest BCUT2D eigenvalue weighted by Crippen LogP contribution is -2.37. The van der Waals surface area contributed by atoms with E-state index in [0.717, 1.165) is 6.42 Å². The molecule has 3 N–H and O–H groups in total. The van der Waals surface area contributed by atoms with Crippen molar-refractivity contribution < 1.29 is 4.79 Å². The number of aryl methyl sites for hydroxylation is 1. The maximum atomic E-state index is 12.1. The van der Waals surface area contributed by atoms with E-state index in [4.69, 9.17) is 0 Å². The number of aromatic amines is 1. The highest BCUT2D eigenvalue weighted by atomic mass is 16.2. The Hall–Kier alpha value is -2.48. The number of hydrogen-bond acceptors (Lipinski definition) is 5. The molecule has 0 bridgehead atoms. The first-order valence-electron chi connectivity index (χ1n) is 7.56. The second-order valence-electron chi connectivity index (χ2n) is 5.41. The SMILES string of the molecule is CCCn1c(=O)[nH]c(=O)c2cc(C(=O)NCC(C)NC)cnc21. The van der Waals surface area contributed by atoms with E-state index in [1.165, 1.54) is 16.8 Å². The van der Waals surface area contributed by atoms with Crippen LogP contribution in [0.2, 0.25) is 0 Å². The van der Waals surface area contributed by atoms with Gasteiger partial charge >= 0.3 is 5.69 Å². The third-order valence-corrected chi connectivity index (χ3v) is 3.60. The lowest BCUT2D eigenvalue weighted by atomic mass is 10.2. The van der Waals surface area contributed by atoms with Crippen LogP contribution in [0, 0.1) is 0 Å². The molecule has 0 spiro atoms. The topological polar surface area (TPSA) is 109 Å². The molecule has 8 nitrogen and oxygen atoms in total. The Morgan fingerprint density at radius 2 is 2.17 bits per heavy atom. The highest BCUT2D eigenvalue weighted by Gasteiger charge is 2.13. The quantitative estimate of drug-likeness (QED) is 0.685. The molecule has 1 amide bonds. The van der Waals surface area contributed by atoms with Crippen LogP contribution >= 0.6 is 0 Å². The number of pyridine rings is 1. The molecule has 0 fully saturated rings. The van der Waals surface area contributed by atoms with Gasteiger partial charge < -0.3 is 10.6 Å². The van der Waals surface area contributed by atoms with Gasteiger partial charge in [-0.05, 0) is 26.5 Å². The number of amides is 1. The van der Waals surface area contributed by atoms with Gasteiger partial charge in [0, 0.05) is 25.3 Å². The molecule has 0 saturated heterocycles. The molecule has 0 aliphatic rings. The molecular weight excluding hydrogens is 298 g/mol. The zero-order valence-corrected chi connectivity index (χ0v) is 13.5. The Labute approximate surface area is 132 Å². The van der Waals surface area contributed by atoms with Crippen LogP contribution in [-0.2, 0) is 6.54 Å². The molecular formula is C15H21N5O3. The minimum Gasteiger partial charge on any atom is -0.350 e. The van der Waals surface area contributed by atoms with E-state index in [9.17, 15) is 14.4 Å². The summed E-state index contributed by atoms with van der Waals surface area (Å²) in [7, 11) is 1.81. The van der Waals surface area contributed by atoms with E-state index >= 15 is 0 Å². The summed E-state index contributed by atoms with van der Waals surface area (Å²) in [5.41, 5.74) is -0.450. The van der Waals surface area contributed by atoms with Crippen LogP contribution < -0.4 is 21.9 Å². The van der Waals surface area contributed by atoms with Crippen molar-refractivity contribution in [2.24, 2.45) is 0 Å². The summed E-state index contributed by atoms with van der Waals surface area (Å²) < 4.78 is 1.40. The van der Waals surface area contributed by atoms with Crippen LogP contribution in [0.15, 0.2) is 21.9 Å². The van der Waals surface area contributed by atoms with E-state index in [1.807, 2.05) is 13.8 Å². The van der Waals surface area contributed by atoms with Gasteiger partial charge in [-0.3, -0.25) is 19.1 Å². The molecule has 1 unspecified atom stereocenters. The van der Waals surface area contributed by atoms with Crippen LogP contribution in [-0.4, -0.2) is 40.1 Å². The fourth-order valence-corrected chi connectivity index (χ4v) is 2.17. The molecule has 8 heteroatoms. The number of hydrogen-bond donors (Lipinski definition) is 3. The van der Waals surface area contributed by atoms with Crippen molar-refractivity contribution in [1.29, 1.82) is 0 Å². The number of aromatic nitrogens is 3. The van der Waals surface area contributed by atoms with Gasteiger partial charge in [0.2, 0.25) is 0 Å². The highest BCUT2D eigenvalue weighted by molar-refractivity contribution is 5.96. The summed E-state index contributed by atoms with van der Waals surface area (Å²) in [6.45, 7) is 4.77. The number of fused-ring (bicyclic) bond motifs is 1. The Kier molecular flexibility index (Phi) is 5.28. The molecule has 2 rings (SSSR count). The number of carbonyl (C=O) groups is 1. The maximum Gasteiger partial charge on any atom is 0.329 e. The van der Waals surface area contributed by atoms with Crippen molar-refractivity contribution in [2.75, 3.05) is 13.6 Å². The average molecular weight is 319 g/mol. The molecule has 2 aromatic rings. The van der Waals surface area contributed by atoms with Crippen molar-refractivity contribution in [3.05, 3.63) is 38.7 Å². The second kappa shape index (κ2) is 7.19. The molecule has 23 heavy (non-hydrogen) atoms. The van der Waals surface area contributed by atoms with Gasteiger partial charge in [0.15, 0.2) is 0 Å². The molecule has 2 heterocycles. The van der Waals surface area contributed by atoms with E-state index in [2.05, 4.69) is 20.6 Å². The second-order valence-corrected chi connectivity index (χ2v) is 5.41. The van der Waals surface area contributed by atoms with Crippen molar-refractivity contribution in [2.45, 2.75) is 32.9 Å². The standard InChI is InChI=1S/C15H21N5O3/c1-4-5-20-12-11(14(22)19-15(20)23)6-10(8-17-12)13(21)18-7-9(2)16-3/h6,8-9,16H,4-5,7H2,1-3H3,(H,18,21)(H,19,22,23). The molecule has 0 radical (unpaired) electrons. The molecule has 1 atom stereocenters. The fraction of sp³-hybridized carbons (Fsp3) is 0.467. The summed E-state index contributed by atoms with van der Waals surface area (Å²) >= 11 is 0. The molecule has 0 aliphatic carbocycles. The van der Waals surface area contributed by atoms with E-state index < -0.39 is 11.2 Å². The van der Waals surface area contributed by atoms with Crippen molar-refractivity contribution in [3.8, 4) is 0 Å². The van der Waals surface area contributed by atoms with Gasteiger partial charge in [-0.25, -0.2) is 9.78 Å². The number of rotatable bonds is 6. The average Bonchev–Trinajstić information content (AvgIpc) is 2.55. The Morgan fingerprint density at radius 3 is 2.83 bits per heavy atom. The molecule has 2 aromatic heterocycles. The lowest BCUT2D eigenvalue weighted by Gasteiger charge is -2.12. The first kappa shape index (κ1) is 16.9. The van der Waals surface area contributed by atoms with Crippen molar-refractivity contribution >= 4 is 16.9 Å². The predicted molar refractivity (Wildman–Crippen MR) is 87.8 cm³/mol. The first-order valence-corrected chi connectivity index (χ1v) is 7.56. The highest BCUT2D eigenvalue weighted by Crippen LogP contribution is 2.08. The van der Waals surface area contributed by atoms with Gasteiger partial charge in [-0.15, -0.1) is 0 Å². The minimum absolute atomic E-state index is 0.130. The third-order valence-electron chi connectivity index (χ3n) is 3.60. The Balaban J connectivity index is 2.41. The summed E-state index contributed by atoms with van der Waals surface area (Å²) in [6.07, 6.45) is 2.11. The Morgan fingerprint density at radius 1 is 1.43 bits per heavy atom. The van der Waals surface area contributed by atoms with Gasteiger partial charge in [-0.1, -0.05) is 6.92 Å². The molecule has 0 saturated carbocycles. The molecule has 0 aliphatic heterocycles. The van der Waals surface area contributed by atoms with Gasteiger partial charge in [0.25, 0.3) is 11.5 Å². The van der Waals surface area contributed by atoms with Crippen LogP contribution in [0.3, 0.4) is 0 Å². The number of nitrogens with one attached hydrogen (secondary N) is 3. The fourth-order valence-electron chi connectivity index (χ4n) is 2.17. The number of carbonyl (C=O) groups excluding carboxylic acids is 1. The summed E-state index contributed by atoms with van der Waals surface area (Å²) in [4.78, 5) is 42.4. The van der Waals surface area contributed by atoms with Crippen LogP contribution in [0.25, 0.3) is 11.0 Å². The van der Waals surface area contributed by atoms with Gasteiger partial charge in [-0.2, -0.15) is 0 Å². The first-order chi connectivity index (χ1) is 11.0. The van der Waals surface area contributed by atoms with Crippen molar-refractivity contribution in [1.82, 2.24) is 25.2 Å². The number of H-pyrrole nitrogens is 1. The van der Waals surface area contributed by atoms with Crippen LogP contribution in [0.4, 0.5) is 0 Å². The largest absolute Gasteiger partial charge is 0.350 e. The van der Waals surface area contributed by atoms with Crippen LogP contribution in [0.5, 0.6) is 0 Å². The molecule has 0 aromatic carbocycles. The van der Waals surface area contributed by atoms with Crippen molar-refractivity contribution in [3.63, 3.8) is 0 Å². The minimum atomic E-state index is -0.539. The molecule has 124 valence electrons. The summed E-state index contributed by atoms with van der Waals surface area (Å²) in [5.74, 6) is -0.311. The van der Waals surface area contributed by atoms with Gasteiger partial charge in [0.05, 0.1) is 10.9 Å². The monoisotopic (exact) mass is 319 g/mol. The third kappa shape index (κ3) is 3.65. The maximum absolute atomic E-state index is 12.1. The number of nitrogens with zero attached hydrogens (tertiary/aromatic N) is 2. The van der Waals surface area contributed by atoms with E-state index in [1.54, 1.807) is 7.05 Å². The normalized spacial score (nSPS) is 12.3. The lowest BCUT2D eigenvalue weighted by molar-refractivity contribution is 0.0950. The smallest absolute Gasteiger partial charge is 0.329 e.